The molecule has 0 saturated carbocycles. The molecule has 0 aliphatic carbocycles. The van der Waals surface area contributed by atoms with Crippen LogP contribution in [0.5, 0.6) is 0 Å². The van der Waals surface area contributed by atoms with E-state index in [1.54, 1.807) is 0 Å². The van der Waals surface area contributed by atoms with Crippen LogP contribution in [0.4, 0.5) is 75.5 Å². The quantitative estimate of drug-likeness (QED) is 0.105. The second-order valence-corrected chi connectivity index (χ2v) is 17.2. The second-order valence-electron chi connectivity index (χ2n) is 11.4. The molecule has 0 aliphatic rings. The van der Waals surface area contributed by atoms with Crippen LogP contribution >= 0.6 is 23.4 Å². The first-order valence-electron chi connectivity index (χ1n) is 13.5. The average Bonchev–Trinajstić information content (AvgIpc) is 3.52. The SMILES string of the molecule is Cc1c(Cn2cc[n+](C)c2)c(C)c(Cn2cc[n+](C)c2)c(C)c1Cn1cc[n+](C)c1.F[P-](F)(F)(F)(F)F.F[P-](F)(F)(F)(F)F.F[P-](F)(F)(F)(F)F. The number of hydrogen-bond donors (Lipinski definition) is 0. The summed E-state index contributed by atoms with van der Waals surface area (Å²) in [4.78, 5) is 0. The van der Waals surface area contributed by atoms with Crippen molar-refractivity contribution in [1.29, 1.82) is 0 Å². The molecule has 0 bridgehead atoms. The molecule has 0 N–H and O–H groups in total. The third-order valence-electron chi connectivity index (χ3n) is 6.21. The summed E-state index contributed by atoms with van der Waals surface area (Å²) in [6.45, 7) is 9.53. The first-order valence-corrected chi connectivity index (χ1v) is 19.6. The van der Waals surface area contributed by atoms with E-state index in [0.29, 0.717) is 0 Å². The standard InChI is InChI=1S/C24H33N6.3F6P/c1-19-22(13-28-10-7-25(4)16-28)20(2)24(15-30-12-9-27(6)18-30)21(3)23(19)14-29-11-8-26(5)17-29;3*1-7(2,3,4,5)6/h7-12,16-18H,13-15H2,1-6H3;;;/q+3;3*-1. The molecule has 51 heavy (non-hydrogen) atoms. The van der Waals surface area contributed by atoms with Crippen molar-refractivity contribution in [1.82, 2.24) is 13.7 Å². The van der Waals surface area contributed by atoms with E-state index in [1.165, 1.54) is 33.4 Å². The molecule has 0 aliphatic heterocycles. The van der Waals surface area contributed by atoms with Gasteiger partial charge >= 0.3 is 99.0 Å². The van der Waals surface area contributed by atoms with Gasteiger partial charge in [0.05, 0.1) is 21.1 Å². The molecular weight excluding hydrogens is 807 g/mol. The molecule has 0 amide bonds. The van der Waals surface area contributed by atoms with E-state index in [4.69, 9.17) is 0 Å². The van der Waals surface area contributed by atoms with Gasteiger partial charge < -0.3 is 0 Å². The van der Waals surface area contributed by atoms with Crippen molar-refractivity contribution in [2.24, 2.45) is 21.1 Å². The number of benzene rings is 1. The Bertz CT molecular complexity index is 1580. The first kappa shape index (κ1) is 45.9. The number of aryl methyl sites for hydroxylation is 3. The van der Waals surface area contributed by atoms with Crippen LogP contribution in [-0.4, -0.2) is 13.7 Å². The fraction of sp³-hybridized carbons (Fsp3) is 0.375. The Kier molecular flexibility index (Phi) is 11.0. The molecule has 300 valence electrons. The molecule has 4 rings (SSSR count). The monoisotopic (exact) mass is 840 g/mol. The van der Waals surface area contributed by atoms with E-state index < -0.39 is 23.4 Å². The van der Waals surface area contributed by atoms with Crippen LogP contribution in [0, 0.1) is 20.8 Å². The van der Waals surface area contributed by atoms with E-state index >= 15 is 0 Å². The van der Waals surface area contributed by atoms with Crippen molar-refractivity contribution < 1.29 is 89.2 Å². The molecule has 3 heterocycles. The maximum absolute atomic E-state index is 10.7. The number of halogens is 18. The third kappa shape index (κ3) is 26.3. The molecule has 0 atom stereocenters. The van der Waals surface area contributed by atoms with Crippen molar-refractivity contribution in [2.45, 2.75) is 40.4 Å². The van der Waals surface area contributed by atoms with E-state index in [1.807, 2.05) is 0 Å². The van der Waals surface area contributed by atoms with Gasteiger partial charge in [0.15, 0.2) is 0 Å². The normalized spacial score (nSPS) is 16.2. The van der Waals surface area contributed by atoms with Crippen LogP contribution < -0.4 is 13.7 Å². The predicted octanol–water partition coefficient (Wildman–Crippen LogP) is 11.8. The van der Waals surface area contributed by atoms with Crippen LogP contribution in [0.3, 0.4) is 0 Å². The minimum absolute atomic E-state index is 0.887. The minimum atomic E-state index is -10.7. The molecule has 0 radical (unpaired) electrons. The average molecular weight is 840 g/mol. The summed E-state index contributed by atoms with van der Waals surface area (Å²) in [5.74, 6) is 0. The molecule has 27 heteroatoms. The van der Waals surface area contributed by atoms with Gasteiger partial charge in [0.2, 0.25) is 19.0 Å². The Morgan fingerprint density at radius 2 is 0.549 bits per heavy atom. The topological polar surface area (TPSA) is 26.4 Å². The summed E-state index contributed by atoms with van der Waals surface area (Å²) in [6.07, 6.45) is 19.2. The van der Waals surface area contributed by atoms with Crippen molar-refractivity contribution >= 4 is 23.4 Å². The molecule has 0 unspecified atom stereocenters. The Balaban J connectivity index is 0.000000505. The van der Waals surface area contributed by atoms with E-state index in [-0.39, 0.29) is 0 Å². The van der Waals surface area contributed by atoms with Gasteiger partial charge in [-0.3, -0.25) is 0 Å². The zero-order valence-electron chi connectivity index (χ0n) is 27.1. The Morgan fingerprint density at radius 1 is 0.392 bits per heavy atom. The van der Waals surface area contributed by atoms with Crippen molar-refractivity contribution in [3.05, 3.63) is 89.5 Å². The Morgan fingerprint density at radius 3 is 0.667 bits per heavy atom. The molecule has 0 fully saturated rings. The zero-order valence-corrected chi connectivity index (χ0v) is 29.8. The van der Waals surface area contributed by atoms with Crippen molar-refractivity contribution in [2.75, 3.05) is 0 Å². The van der Waals surface area contributed by atoms with Crippen molar-refractivity contribution in [3.8, 4) is 0 Å². The fourth-order valence-electron chi connectivity index (χ4n) is 4.44. The molecular formula is C24H33F18N6P3. The number of nitrogens with zero attached hydrogens (tertiary/aromatic N) is 6. The maximum atomic E-state index is 9.87. The van der Waals surface area contributed by atoms with E-state index in [0.717, 1.165) is 19.6 Å². The van der Waals surface area contributed by atoms with Crippen LogP contribution in [0.25, 0.3) is 0 Å². The van der Waals surface area contributed by atoms with Gasteiger partial charge in [-0.2, -0.15) is 0 Å². The molecule has 6 nitrogen and oxygen atoms in total. The summed E-state index contributed by atoms with van der Waals surface area (Å²) in [5.41, 5.74) is 8.48. The summed E-state index contributed by atoms with van der Waals surface area (Å²) in [7, 11) is -25.8. The van der Waals surface area contributed by atoms with Crippen LogP contribution in [0.1, 0.15) is 33.4 Å². The molecule has 1 aromatic carbocycles. The fourth-order valence-corrected chi connectivity index (χ4v) is 4.44. The summed E-state index contributed by atoms with van der Waals surface area (Å²) >= 11 is 0. The van der Waals surface area contributed by atoms with Crippen LogP contribution in [0.15, 0.2) is 56.2 Å². The van der Waals surface area contributed by atoms with E-state index in [9.17, 15) is 75.5 Å². The van der Waals surface area contributed by atoms with Crippen LogP contribution in [0.2, 0.25) is 0 Å². The second kappa shape index (κ2) is 12.2. The van der Waals surface area contributed by atoms with E-state index in [2.05, 4.69) is 125 Å². The van der Waals surface area contributed by atoms with Gasteiger partial charge in [0.25, 0.3) is 0 Å². The van der Waals surface area contributed by atoms with Gasteiger partial charge in [-0.1, -0.05) is 0 Å². The Hall–Kier alpha value is -3.12. The molecule has 0 spiro atoms. The van der Waals surface area contributed by atoms with Gasteiger partial charge in [-0.05, 0) is 37.5 Å². The first-order chi connectivity index (χ1) is 21.7. The van der Waals surface area contributed by atoms with Gasteiger partial charge in [0, 0.05) is 16.7 Å². The summed E-state index contributed by atoms with van der Waals surface area (Å²) in [5, 5.41) is 0. The predicted molar refractivity (Wildman–Crippen MR) is 155 cm³/mol. The third-order valence-corrected chi connectivity index (χ3v) is 6.21. The van der Waals surface area contributed by atoms with Gasteiger partial charge in [0.1, 0.15) is 56.8 Å². The molecule has 3 aromatic heterocycles. The Labute approximate surface area is 277 Å². The molecule has 0 saturated heterocycles. The van der Waals surface area contributed by atoms with Gasteiger partial charge in [-0.25, -0.2) is 27.4 Å². The number of aromatic nitrogens is 6. The van der Waals surface area contributed by atoms with Crippen molar-refractivity contribution in [3.63, 3.8) is 0 Å². The summed E-state index contributed by atoms with van der Waals surface area (Å²) < 4.78 is 191. The number of imidazole rings is 3. The van der Waals surface area contributed by atoms with Crippen LogP contribution in [-0.2, 0) is 40.8 Å². The molecule has 4 aromatic rings. The number of hydrogen-bond acceptors (Lipinski definition) is 0. The summed E-state index contributed by atoms with van der Waals surface area (Å²) in [6, 6.07) is 0. The van der Waals surface area contributed by atoms with Gasteiger partial charge in [-0.15, -0.1) is 0 Å². The number of rotatable bonds is 6. The zero-order chi connectivity index (χ0) is 40.6.